The van der Waals surface area contributed by atoms with Gasteiger partial charge in [-0.05, 0) is 32.0 Å². The summed E-state index contributed by atoms with van der Waals surface area (Å²) in [6, 6.07) is 2.77. The summed E-state index contributed by atoms with van der Waals surface area (Å²) in [4.78, 5) is 42.4. The number of ether oxygens (including phenoxy) is 5. The summed E-state index contributed by atoms with van der Waals surface area (Å²) in [6.07, 6.45) is 0.271. The number of cyclic esters (lactones) is 1. The highest BCUT2D eigenvalue weighted by atomic mass is 32.2. The first-order valence-electron chi connectivity index (χ1n) is 14.3. The van der Waals surface area contributed by atoms with Crippen molar-refractivity contribution in [2.75, 3.05) is 39.9 Å². The fourth-order valence-corrected chi connectivity index (χ4v) is 9.33. The molecule has 8 rings (SSSR count). The molecule has 0 spiro atoms. The number of fused-ring (bicyclic) bond motifs is 6. The second kappa shape index (κ2) is 10.0. The summed E-state index contributed by atoms with van der Waals surface area (Å²) in [5.74, 6) is -0.906. The minimum atomic E-state index is -1.15. The number of hydrogen-bond donors (Lipinski definition) is 1. The third-order valence-corrected chi connectivity index (χ3v) is 10.8. The van der Waals surface area contributed by atoms with Crippen molar-refractivity contribution in [3.8, 4) is 34.8 Å². The van der Waals surface area contributed by atoms with Crippen molar-refractivity contribution in [3.63, 3.8) is 0 Å². The van der Waals surface area contributed by atoms with E-state index in [0.717, 1.165) is 11.1 Å². The molecule has 2 fully saturated rings. The number of piperazine rings is 1. The summed E-state index contributed by atoms with van der Waals surface area (Å²) in [7, 11) is 3.42. The Bertz CT molecular complexity index is 1700. The van der Waals surface area contributed by atoms with Crippen molar-refractivity contribution in [2.45, 2.75) is 56.1 Å². The van der Waals surface area contributed by atoms with Crippen molar-refractivity contribution in [3.05, 3.63) is 39.4 Å². The first-order chi connectivity index (χ1) is 21.0. The van der Waals surface area contributed by atoms with Gasteiger partial charge < -0.3 is 28.8 Å². The van der Waals surface area contributed by atoms with Crippen LogP contribution in [-0.2, 0) is 25.5 Å². The van der Waals surface area contributed by atoms with Crippen LogP contribution in [0.15, 0.2) is 6.07 Å². The van der Waals surface area contributed by atoms with Crippen LogP contribution in [0.2, 0.25) is 0 Å². The summed E-state index contributed by atoms with van der Waals surface area (Å²) < 4.78 is 29.1. The number of nitrogens with zero attached hydrogens (tertiary/aromatic N) is 3. The van der Waals surface area contributed by atoms with Gasteiger partial charge in [0.15, 0.2) is 23.0 Å². The van der Waals surface area contributed by atoms with Crippen LogP contribution >= 0.6 is 11.8 Å². The van der Waals surface area contributed by atoms with Crippen molar-refractivity contribution in [1.29, 1.82) is 5.26 Å². The van der Waals surface area contributed by atoms with Crippen molar-refractivity contribution >= 4 is 29.5 Å². The van der Waals surface area contributed by atoms with Gasteiger partial charge in [0, 0.05) is 48.2 Å². The van der Waals surface area contributed by atoms with E-state index in [-0.39, 0.29) is 37.1 Å². The third kappa shape index (κ3) is 3.80. The first-order valence-corrected chi connectivity index (χ1v) is 15.3. The minimum Gasteiger partial charge on any atom is -0.504 e. The van der Waals surface area contributed by atoms with Gasteiger partial charge in [-0.25, -0.2) is 4.79 Å². The molecule has 0 saturated carbocycles. The summed E-state index contributed by atoms with van der Waals surface area (Å²) in [5, 5.41) is 22.2. The van der Waals surface area contributed by atoms with Crippen LogP contribution in [-0.4, -0.2) is 84.1 Å². The molecule has 44 heavy (non-hydrogen) atoms. The summed E-state index contributed by atoms with van der Waals surface area (Å²) in [6.45, 7) is 4.94. The number of aryl methyl sites for hydroxylation is 1. The predicted molar refractivity (Wildman–Crippen MR) is 155 cm³/mol. The number of esters is 2. The average Bonchev–Trinajstić information content (AvgIpc) is 3.38. The van der Waals surface area contributed by atoms with E-state index in [9.17, 15) is 24.8 Å². The molecule has 230 valence electrons. The Morgan fingerprint density at radius 2 is 1.91 bits per heavy atom. The number of likely N-dealkylation sites (N-methyl/N-ethyl adjacent to an activating group) is 1. The van der Waals surface area contributed by atoms with Crippen LogP contribution in [0.25, 0.3) is 0 Å². The molecule has 6 heterocycles. The lowest BCUT2D eigenvalue weighted by molar-refractivity contribution is -0.157. The van der Waals surface area contributed by atoms with E-state index in [1.807, 2.05) is 20.0 Å². The highest BCUT2D eigenvalue weighted by molar-refractivity contribution is 8.00. The number of phenolic OH excluding ortho intramolecular Hbond substituents is 1. The Labute approximate surface area is 257 Å². The van der Waals surface area contributed by atoms with Crippen molar-refractivity contribution in [2.24, 2.45) is 0 Å². The van der Waals surface area contributed by atoms with E-state index in [1.54, 1.807) is 6.92 Å². The van der Waals surface area contributed by atoms with Crippen molar-refractivity contribution in [1.82, 2.24) is 9.80 Å². The summed E-state index contributed by atoms with van der Waals surface area (Å²) in [5.41, 5.74) is 2.82. The lowest BCUT2D eigenvalue weighted by atomic mass is 9.76. The Hall–Kier alpha value is -3.99. The van der Waals surface area contributed by atoms with Gasteiger partial charge in [-0.1, -0.05) is 6.07 Å². The molecular weight excluding hydrogens is 590 g/mol. The molecule has 2 aromatic carbocycles. The zero-order valence-corrected chi connectivity index (χ0v) is 25.7. The molecule has 6 aliphatic heterocycles. The molecule has 1 N–H and O–H groups in total. The molecule has 6 atom stereocenters. The Balaban J connectivity index is 1.59. The maximum Gasteiger partial charge on any atom is 0.375 e. The van der Waals surface area contributed by atoms with Crippen LogP contribution in [0.4, 0.5) is 0 Å². The highest BCUT2D eigenvalue weighted by Crippen LogP contribution is 2.65. The molecule has 6 aliphatic rings. The fraction of sp³-hybridized carbons (Fsp3) is 0.484. The standard InChI is InChI=1S/C31H31N3O9S/c1-13-6-16-7-31(10-32)11-33(4)22(19(16)24(37)25(13)39-5)23-29-21-20(17(34(23)31)8-40-30(38)18(36)9-44-29)28-27(41-12-42-28)14(2)26(21)43-15(3)35/h6,17,22-23,29,37H,7-9,11-12H2,1-5H3/t17?,22?,23-,29-,31?/m1/s1. The van der Waals surface area contributed by atoms with Gasteiger partial charge in [0.05, 0.1) is 36.3 Å². The molecule has 0 radical (unpaired) electrons. The number of phenols is 1. The van der Waals surface area contributed by atoms with Crippen LogP contribution in [0.1, 0.15) is 57.6 Å². The van der Waals surface area contributed by atoms with Gasteiger partial charge in [-0.2, -0.15) is 5.26 Å². The largest absolute Gasteiger partial charge is 0.504 e. The fourth-order valence-electron chi connectivity index (χ4n) is 8.00. The number of aromatic hydroxyl groups is 1. The van der Waals surface area contributed by atoms with Gasteiger partial charge in [0.2, 0.25) is 12.6 Å². The smallest absolute Gasteiger partial charge is 0.375 e. The number of hydrogen-bond acceptors (Lipinski definition) is 13. The average molecular weight is 622 g/mol. The van der Waals surface area contributed by atoms with Crippen molar-refractivity contribution < 1.29 is 43.2 Å². The molecule has 4 unspecified atom stereocenters. The minimum absolute atomic E-state index is 0.00212. The number of ketones is 1. The third-order valence-electron chi connectivity index (χ3n) is 9.46. The number of carbonyl (C=O) groups excluding carboxylic acids is 3. The number of benzene rings is 2. The number of nitriles is 1. The zero-order chi connectivity index (χ0) is 31.2. The monoisotopic (exact) mass is 621 g/mol. The van der Waals surface area contributed by atoms with Gasteiger partial charge in [-0.15, -0.1) is 11.8 Å². The SMILES string of the molecule is COc1c(C)cc2c(c1O)C1[C@@H]3[C@@H]4SCC(=O)C(=O)OCC(c5c6c(c(C)c(OC(C)=O)c54)OCO6)N3C(C#N)(C2)CN1C. The number of Topliss-reactive ketones (excluding diaryl/α,β-unsaturated/α-hetero) is 1. The molecule has 2 aromatic rings. The van der Waals surface area contributed by atoms with E-state index in [0.29, 0.717) is 46.0 Å². The van der Waals surface area contributed by atoms with Crippen LogP contribution in [0.3, 0.4) is 0 Å². The Kier molecular flexibility index (Phi) is 6.55. The topological polar surface area (TPSA) is 148 Å². The maximum absolute atomic E-state index is 12.9. The number of methoxy groups -OCH3 is 1. The van der Waals surface area contributed by atoms with Gasteiger partial charge in [-0.3, -0.25) is 19.4 Å². The number of carbonyl (C=O) groups is 3. The van der Waals surface area contributed by atoms with E-state index in [4.69, 9.17) is 23.7 Å². The molecule has 4 bridgehead atoms. The predicted octanol–water partition coefficient (Wildman–Crippen LogP) is 2.80. The van der Waals surface area contributed by atoms with Crippen LogP contribution < -0.4 is 18.9 Å². The first kappa shape index (κ1) is 28.8. The molecule has 13 heteroatoms. The molecule has 0 aliphatic carbocycles. The second-order valence-corrected chi connectivity index (χ2v) is 13.1. The Morgan fingerprint density at radius 3 is 2.61 bits per heavy atom. The number of rotatable bonds is 2. The maximum atomic E-state index is 12.9. The van der Waals surface area contributed by atoms with Crippen LogP contribution in [0, 0.1) is 25.2 Å². The molecule has 2 saturated heterocycles. The van der Waals surface area contributed by atoms with E-state index < -0.39 is 46.6 Å². The van der Waals surface area contributed by atoms with Gasteiger partial charge in [0.25, 0.3) is 0 Å². The number of thioether (sulfide) groups is 1. The lowest BCUT2D eigenvalue weighted by Gasteiger charge is -2.59. The van der Waals surface area contributed by atoms with Crippen LogP contribution in [0.5, 0.6) is 28.7 Å². The Morgan fingerprint density at radius 1 is 1.16 bits per heavy atom. The van der Waals surface area contributed by atoms with Gasteiger partial charge in [0.1, 0.15) is 17.9 Å². The summed E-state index contributed by atoms with van der Waals surface area (Å²) >= 11 is 1.22. The molecule has 0 amide bonds. The lowest BCUT2D eigenvalue weighted by Crippen LogP contribution is -2.69. The van der Waals surface area contributed by atoms with Gasteiger partial charge >= 0.3 is 11.9 Å². The van der Waals surface area contributed by atoms with E-state index in [1.165, 1.54) is 25.8 Å². The van der Waals surface area contributed by atoms with E-state index in [2.05, 4.69) is 15.9 Å². The zero-order valence-electron chi connectivity index (χ0n) is 24.9. The molecule has 0 aromatic heterocycles. The highest BCUT2D eigenvalue weighted by Gasteiger charge is 2.63. The quantitative estimate of drug-likeness (QED) is 0.298. The molecular formula is C31H31N3O9S. The second-order valence-electron chi connectivity index (χ2n) is 11.9. The normalized spacial score (nSPS) is 30.0. The molecule has 12 nitrogen and oxygen atoms in total. The van der Waals surface area contributed by atoms with E-state index >= 15 is 0 Å².